The second-order valence-electron chi connectivity index (χ2n) is 9.38. The number of aromatic nitrogens is 3. The van der Waals surface area contributed by atoms with E-state index < -0.39 is 0 Å². The molecule has 1 N–H and O–H groups in total. The lowest BCUT2D eigenvalue weighted by Crippen LogP contribution is -2.57. The summed E-state index contributed by atoms with van der Waals surface area (Å²) in [5, 5.41) is 23.8. The molecule has 3 heterocycles. The van der Waals surface area contributed by atoms with Gasteiger partial charge >= 0.3 is 0 Å². The fourth-order valence-electron chi connectivity index (χ4n) is 4.40. The van der Waals surface area contributed by atoms with Crippen molar-refractivity contribution in [3.05, 3.63) is 52.8 Å². The Kier molecular flexibility index (Phi) is 5.74. The van der Waals surface area contributed by atoms with Gasteiger partial charge in [0, 0.05) is 42.1 Å². The van der Waals surface area contributed by atoms with E-state index in [1.165, 1.54) is 0 Å². The number of aryl methyl sites for hydroxylation is 1. The first-order chi connectivity index (χ1) is 15.2. The van der Waals surface area contributed by atoms with Gasteiger partial charge in [0.2, 0.25) is 0 Å². The summed E-state index contributed by atoms with van der Waals surface area (Å²) < 4.78 is 0. The Morgan fingerprint density at radius 1 is 1.16 bits per heavy atom. The van der Waals surface area contributed by atoms with E-state index in [4.69, 9.17) is 4.98 Å². The molecule has 0 radical (unpaired) electrons. The van der Waals surface area contributed by atoms with Gasteiger partial charge in [-0.25, -0.2) is 4.98 Å². The zero-order chi connectivity index (χ0) is 23.0. The normalized spacial score (nSPS) is 17.2. The predicted molar refractivity (Wildman–Crippen MR) is 129 cm³/mol. The molecule has 166 valence electrons. The number of anilines is 2. The fourth-order valence-corrected chi connectivity index (χ4v) is 4.40. The molecule has 1 aromatic carbocycles. The average Bonchev–Trinajstić information content (AvgIpc) is 2.77. The number of benzene rings is 1. The Morgan fingerprint density at radius 3 is 2.66 bits per heavy atom. The lowest BCUT2D eigenvalue weighted by molar-refractivity contribution is 0.138. The summed E-state index contributed by atoms with van der Waals surface area (Å²) in [5.74, 6) is 1.70. The second kappa shape index (κ2) is 8.36. The fraction of sp³-hybridized carbons (Fsp3) is 0.440. The molecule has 1 aliphatic rings. The van der Waals surface area contributed by atoms with Crippen molar-refractivity contribution in [1.29, 1.82) is 5.26 Å². The van der Waals surface area contributed by atoms with Crippen LogP contribution in [-0.4, -0.2) is 52.3 Å². The minimum Gasteiger partial charge on any atom is -0.362 e. The lowest BCUT2D eigenvalue weighted by atomic mass is 9.98. The van der Waals surface area contributed by atoms with Crippen molar-refractivity contribution < 1.29 is 0 Å². The van der Waals surface area contributed by atoms with Crippen LogP contribution in [0.25, 0.3) is 10.8 Å². The van der Waals surface area contributed by atoms with Gasteiger partial charge in [-0.1, -0.05) is 12.1 Å². The van der Waals surface area contributed by atoms with Gasteiger partial charge in [-0.05, 0) is 64.9 Å². The molecule has 0 spiro atoms. The quantitative estimate of drug-likeness (QED) is 0.665. The van der Waals surface area contributed by atoms with Crippen LogP contribution >= 0.6 is 0 Å². The van der Waals surface area contributed by atoms with Gasteiger partial charge < -0.3 is 10.2 Å². The molecule has 1 fully saturated rings. The molecule has 0 saturated carbocycles. The monoisotopic (exact) mass is 429 g/mol. The number of rotatable bonds is 4. The summed E-state index contributed by atoms with van der Waals surface area (Å²) in [4.78, 5) is 9.52. The number of nitriles is 1. The molecule has 7 heteroatoms. The van der Waals surface area contributed by atoms with Gasteiger partial charge in [0.05, 0.1) is 23.4 Å². The summed E-state index contributed by atoms with van der Waals surface area (Å²) in [6.45, 7) is 13.4. The van der Waals surface area contributed by atoms with Crippen LogP contribution in [0, 0.1) is 25.2 Å². The van der Waals surface area contributed by atoms with Crippen LogP contribution in [0.15, 0.2) is 30.5 Å². The number of nitrogens with zero attached hydrogens (tertiary/aromatic N) is 6. The third kappa shape index (κ3) is 3.98. The van der Waals surface area contributed by atoms with Crippen molar-refractivity contribution in [3.8, 4) is 6.07 Å². The second-order valence-corrected chi connectivity index (χ2v) is 9.38. The number of hydrogen-bond acceptors (Lipinski definition) is 7. The van der Waals surface area contributed by atoms with Gasteiger partial charge in [-0.15, -0.1) is 5.10 Å². The molecule has 32 heavy (non-hydrogen) atoms. The van der Waals surface area contributed by atoms with Gasteiger partial charge in [0.15, 0.2) is 5.82 Å². The molecule has 1 atom stereocenters. The van der Waals surface area contributed by atoms with E-state index in [1.807, 2.05) is 32.2 Å². The Hall–Kier alpha value is -3.24. The zero-order valence-corrected chi connectivity index (χ0v) is 19.8. The van der Waals surface area contributed by atoms with E-state index in [2.05, 4.69) is 71.3 Å². The van der Waals surface area contributed by atoms with E-state index in [0.29, 0.717) is 5.56 Å². The van der Waals surface area contributed by atoms with Gasteiger partial charge in [0.1, 0.15) is 5.82 Å². The lowest BCUT2D eigenvalue weighted by Gasteiger charge is -2.45. The highest BCUT2D eigenvalue weighted by atomic mass is 15.3. The minimum absolute atomic E-state index is 0.0253. The van der Waals surface area contributed by atoms with Crippen molar-refractivity contribution in [1.82, 2.24) is 20.1 Å². The van der Waals surface area contributed by atoms with Crippen LogP contribution in [0.2, 0.25) is 0 Å². The van der Waals surface area contributed by atoms with E-state index in [9.17, 15) is 5.26 Å². The van der Waals surface area contributed by atoms with Crippen LogP contribution < -0.4 is 10.2 Å². The van der Waals surface area contributed by atoms with Gasteiger partial charge in [-0.2, -0.15) is 10.4 Å². The summed E-state index contributed by atoms with van der Waals surface area (Å²) >= 11 is 0. The first-order valence-corrected chi connectivity index (χ1v) is 11.1. The molecule has 0 unspecified atom stereocenters. The number of nitrogens with one attached hydrogen (secondary N) is 1. The SMILES string of the molecule is Cc1c(C#N)cccc1[C@@H](C)Nc1nnc(C)c2cnc(N3CCN(C)C(C)(C)C3)cc12. The Balaban J connectivity index is 1.70. The topological polar surface area (TPSA) is 81.0 Å². The molecule has 7 nitrogen and oxygen atoms in total. The van der Waals surface area contributed by atoms with Crippen LogP contribution in [0.5, 0.6) is 0 Å². The third-order valence-electron chi connectivity index (χ3n) is 6.79. The van der Waals surface area contributed by atoms with Gasteiger partial charge in [-0.3, -0.25) is 4.90 Å². The van der Waals surface area contributed by atoms with Crippen molar-refractivity contribution >= 4 is 22.4 Å². The Morgan fingerprint density at radius 2 is 1.94 bits per heavy atom. The Bertz CT molecular complexity index is 1190. The largest absolute Gasteiger partial charge is 0.362 e. The standard InChI is InChI=1S/C25H31N7/c1-16-19(13-26)8-7-9-20(16)17(2)28-24-21-12-23(27-14-22(21)18(3)29-30-24)32-11-10-31(6)25(4,5)15-32/h7-9,12,14,17H,10-11,15H2,1-6H3,(H,28,30)/t17-/m1/s1. The zero-order valence-electron chi connectivity index (χ0n) is 19.8. The highest BCUT2D eigenvalue weighted by Crippen LogP contribution is 2.31. The summed E-state index contributed by atoms with van der Waals surface area (Å²) in [5.41, 5.74) is 3.70. The van der Waals surface area contributed by atoms with Crippen molar-refractivity contribution in [3.63, 3.8) is 0 Å². The maximum absolute atomic E-state index is 9.39. The number of fused-ring (bicyclic) bond motifs is 1. The maximum atomic E-state index is 9.39. The van der Waals surface area contributed by atoms with Gasteiger partial charge in [0.25, 0.3) is 0 Å². The summed E-state index contributed by atoms with van der Waals surface area (Å²) in [6.07, 6.45) is 1.91. The van der Waals surface area contributed by atoms with Crippen molar-refractivity contribution in [2.24, 2.45) is 0 Å². The first kappa shape index (κ1) is 22.0. The van der Waals surface area contributed by atoms with Crippen molar-refractivity contribution in [2.75, 3.05) is 36.9 Å². The molecule has 1 saturated heterocycles. The molecule has 4 rings (SSSR count). The van der Waals surface area contributed by atoms with E-state index in [1.54, 1.807) is 0 Å². The first-order valence-electron chi connectivity index (χ1n) is 11.1. The number of piperazine rings is 1. The smallest absolute Gasteiger partial charge is 0.157 e. The van der Waals surface area contributed by atoms with Crippen LogP contribution in [0.1, 0.15) is 49.2 Å². The molecule has 0 amide bonds. The predicted octanol–water partition coefficient (Wildman–Crippen LogP) is 4.22. The van der Waals surface area contributed by atoms with E-state index in [0.717, 1.165) is 58.9 Å². The summed E-state index contributed by atoms with van der Waals surface area (Å²) in [6, 6.07) is 10.2. The molecule has 1 aliphatic heterocycles. The molecule has 3 aromatic rings. The number of likely N-dealkylation sites (N-methyl/N-ethyl adjacent to an activating group) is 1. The van der Waals surface area contributed by atoms with Crippen LogP contribution in [0.4, 0.5) is 11.6 Å². The maximum Gasteiger partial charge on any atom is 0.157 e. The third-order valence-corrected chi connectivity index (χ3v) is 6.79. The summed E-state index contributed by atoms with van der Waals surface area (Å²) in [7, 11) is 2.18. The highest BCUT2D eigenvalue weighted by molar-refractivity contribution is 5.94. The van der Waals surface area contributed by atoms with E-state index >= 15 is 0 Å². The number of hydrogen-bond donors (Lipinski definition) is 1. The van der Waals surface area contributed by atoms with E-state index in [-0.39, 0.29) is 11.6 Å². The van der Waals surface area contributed by atoms with Crippen molar-refractivity contribution in [2.45, 2.75) is 46.2 Å². The average molecular weight is 430 g/mol. The highest BCUT2D eigenvalue weighted by Gasteiger charge is 2.31. The molecular formula is C25H31N7. The molecular weight excluding hydrogens is 398 g/mol. The Labute approximate surface area is 190 Å². The molecule has 2 aromatic heterocycles. The minimum atomic E-state index is -0.0253. The molecule has 0 bridgehead atoms. The molecule has 0 aliphatic carbocycles. The number of pyridine rings is 1. The van der Waals surface area contributed by atoms with Crippen LogP contribution in [0.3, 0.4) is 0 Å². The van der Waals surface area contributed by atoms with Crippen LogP contribution in [-0.2, 0) is 0 Å².